The molecular weight excluding hydrogens is 484 g/mol. The highest BCUT2D eigenvalue weighted by Gasteiger charge is 2.34. The van der Waals surface area contributed by atoms with Crippen molar-refractivity contribution in [2.45, 2.75) is 31.8 Å². The highest BCUT2D eigenvalue weighted by Crippen LogP contribution is 2.38. The van der Waals surface area contributed by atoms with Crippen molar-refractivity contribution in [2.75, 3.05) is 47.1 Å². The number of carbonyl (C=O) groups is 1. The van der Waals surface area contributed by atoms with E-state index >= 15 is 0 Å². The number of ether oxygens (including phenoxy) is 3. The van der Waals surface area contributed by atoms with Gasteiger partial charge in [0, 0.05) is 48.8 Å². The first kappa shape index (κ1) is 25.7. The van der Waals surface area contributed by atoms with Crippen LogP contribution in [0, 0.1) is 5.41 Å². The molecule has 0 saturated carbocycles. The van der Waals surface area contributed by atoms with Gasteiger partial charge in [-0.2, -0.15) is 0 Å². The average molecular weight is 521 g/mol. The molecule has 38 heavy (non-hydrogen) atoms. The van der Waals surface area contributed by atoms with Crippen molar-refractivity contribution in [1.82, 2.24) is 20.1 Å². The Labute approximate surface area is 222 Å². The molecule has 5 rings (SSSR count). The van der Waals surface area contributed by atoms with Crippen LogP contribution in [0.15, 0.2) is 36.5 Å². The number of guanidine groups is 1. The van der Waals surface area contributed by atoms with E-state index in [1.807, 2.05) is 21.9 Å². The fraction of sp³-hybridized carbons (Fsp3) is 0.429. The van der Waals surface area contributed by atoms with E-state index in [1.54, 1.807) is 14.2 Å². The van der Waals surface area contributed by atoms with Gasteiger partial charge in [0.15, 0.2) is 5.96 Å². The highest BCUT2D eigenvalue weighted by molar-refractivity contribution is 5.84. The van der Waals surface area contributed by atoms with Crippen molar-refractivity contribution in [3.8, 4) is 11.5 Å². The normalized spacial score (nSPS) is 17.3. The van der Waals surface area contributed by atoms with Crippen LogP contribution in [0.2, 0.25) is 0 Å². The molecule has 3 aromatic rings. The van der Waals surface area contributed by atoms with Crippen LogP contribution in [0.3, 0.4) is 0 Å². The van der Waals surface area contributed by atoms with E-state index in [-0.39, 0.29) is 18.0 Å². The maximum absolute atomic E-state index is 13.7. The zero-order valence-corrected chi connectivity index (χ0v) is 22.0. The summed E-state index contributed by atoms with van der Waals surface area (Å²) < 4.78 is 16.6. The molecule has 0 aliphatic carbocycles. The minimum absolute atomic E-state index is 0.0591. The molecule has 0 bridgehead atoms. The summed E-state index contributed by atoms with van der Waals surface area (Å²) in [6.45, 7) is 3.36. The van der Waals surface area contributed by atoms with Crippen LogP contribution in [0.1, 0.15) is 34.7 Å². The zero-order valence-electron chi connectivity index (χ0n) is 22.0. The van der Waals surface area contributed by atoms with Crippen LogP contribution < -0.4 is 20.5 Å². The maximum atomic E-state index is 13.7. The minimum Gasteiger partial charge on any atom is -0.497 e. The first-order valence-corrected chi connectivity index (χ1v) is 13.0. The predicted molar refractivity (Wildman–Crippen MR) is 146 cm³/mol. The zero-order chi connectivity index (χ0) is 26.6. The number of fused-ring (bicyclic) bond motifs is 2. The first-order valence-electron chi connectivity index (χ1n) is 13.0. The average Bonchev–Trinajstić information content (AvgIpc) is 3.36. The van der Waals surface area contributed by atoms with Crippen molar-refractivity contribution in [3.63, 3.8) is 0 Å². The Balaban J connectivity index is 1.49. The predicted octanol–water partition coefficient (Wildman–Crippen LogP) is 3.15. The van der Waals surface area contributed by atoms with Gasteiger partial charge in [-0.05, 0) is 66.3 Å². The summed E-state index contributed by atoms with van der Waals surface area (Å²) in [6.07, 6.45) is 4.36. The van der Waals surface area contributed by atoms with Gasteiger partial charge in [-0.15, -0.1) is 0 Å². The Morgan fingerprint density at radius 1 is 1.16 bits per heavy atom. The molecule has 1 unspecified atom stereocenters. The fourth-order valence-electron chi connectivity index (χ4n) is 5.56. The molecule has 202 valence electrons. The third-order valence-electron chi connectivity index (χ3n) is 7.56. The lowest BCUT2D eigenvalue weighted by molar-refractivity contribution is 0.0376. The Morgan fingerprint density at radius 3 is 2.71 bits per heavy atom. The number of benzene rings is 2. The van der Waals surface area contributed by atoms with Crippen LogP contribution in [-0.2, 0) is 24.1 Å². The van der Waals surface area contributed by atoms with E-state index in [9.17, 15) is 4.79 Å². The molecule has 0 spiro atoms. The van der Waals surface area contributed by atoms with Gasteiger partial charge < -0.3 is 40.0 Å². The van der Waals surface area contributed by atoms with Gasteiger partial charge in [-0.3, -0.25) is 5.41 Å². The summed E-state index contributed by atoms with van der Waals surface area (Å²) in [5, 5.41) is 11.6. The van der Waals surface area contributed by atoms with Crippen LogP contribution >= 0.6 is 0 Å². The van der Waals surface area contributed by atoms with Gasteiger partial charge >= 0.3 is 6.03 Å². The summed E-state index contributed by atoms with van der Waals surface area (Å²) in [7, 11) is 3.33. The van der Waals surface area contributed by atoms with E-state index in [2.05, 4.69) is 34.7 Å². The number of methoxy groups -OCH3 is 2. The second-order valence-electron chi connectivity index (χ2n) is 9.74. The number of carbonyl (C=O) groups excluding carboxylic acids is 1. The fourth-order valence-corrected chi connectivity index (χ4v) is 5.56. The Kier molecular flexibility index (Phi) is 7.59. The molecule has 10 nitrogen and oxygen atoms in total. The second-order valence-corrected chi connectivity index (χ2v) is 9.74. The topological polar surface area (TPSA) is 129 Å². The largest absolute Gasteiger partial charge is 0.497 e. The van der Waals surface area contributed by atoms with Crippen molar-refractivity contribution in [2.24, 2.45) is 5.73 Å². The number of aromatic amines is 1. The number of aromatic nitrogens is 1. The molecule has 1 atom stereocenters. The summed E-state index contributed by atoms with van der Waals surface area (Å²) in [5.74, 6) is 1.48. The number of hydrogen-bond donors (Lipinski definition) is 4. The highest BCUT2D eigenvalue weighted by atomic mass is 16.5. The summed E-state index contributed by atoms with van der Waals surface area (Å²) in [4.78, 5) is 21.0. The molecule has 2 amide bonds. The van der Waals surface area contributed by atoms with Gasteiger partial charge in [0.2, 0.25) is 0 Å². The number of H-pyrrole nitrogens is 1. The molecule has 1 saturated heterocycles. The summed E-state index contributed by atoms with van der Waals surface area (Å²) >= 11 is 0. The number of nitrogens with two attached hydrogens (primary N) is 1. The molecule has 2 aromatic carbocycles. The number of nitrogens with zero attached hydrogens (tertiary/aromatic N) is 2. The standard InChI is InChI=1S/C28H36N6O4/c1-36-21-4-5-24-22(15-21)19(16-31-24)3-6-25-23-13-20(17-32-27(29)30)26(37-2)14-18(23)7-8-34(25)28(35)33-9-11-38-12-10-33/h4-5,13-16,25,31H,3,6-12,17H2,1-2H3,(H4,29,30,32). The van der Waals surface area contributed by atoms with E-state index < -0.39 is 0 Å². The molecule has 10 heteroatoms. The number of rotatable bonds is 7. The summed E-state index contributed by atoms with van der Waals surface area (Å²) in [6, 6.07) is 10.2. The summed E-state index contributed by atoms with van der Waals surface area (Å²) in [5.41, 5.74) is 11.0. The van der Waals surface area contributed by atoms with Crippen LogP contribution in [0.4, 0.5) is 4.79 Å². The minimum atomic E-state index is -0.105. The smallest absolute Gasteiger partial charge is 0.320 e. The van der Waals surface area contributed by atoms with Gasteiger partial charge in [0.1, 0.15) is 11.5 Å². The van der Waals surface area contributed by atoms with E-state index in [4.69, 9.17) is 25.4 Å². The number of morpholine rings is 1. The SMILES string of the molecule is COc1ccc2[nH]cc(CCC3c4cc(CNC(=N)N)c(OC)cc4CCN3C(=O)N3CCOCC3)c2c1. The third kappa shape index (κ3) is 5.22. The number of amides is 2. The van der Waals surface area contributed by atoms with Crippen molar-refractivity contribution in [3.05, 3.63) is 58.8 Å². The van der Waals surface area contributed by atoms with E-state index in [0.29, 0.717) is 39.4 Å². The Bertz CT molecular complexity index is 1320. The van der Waals surface area contributed by atoms with Gasteiger partial charge in [-0.25, -0.2) is 4.79 Å². The van der Waals surface area contributed by atoms with Crippen molar-refractivity contribution < 1.29 is 19.0 Å². The van der Waals surface area contributed by atoms with E-state index in [1.165, 1.54) is 11.1 Å². The number of nitrogens with one attached hydrogen (secondary N) is 3. The van der Waals surface area contributed by atoms with Gasteiger partial charge in [0.25, 0.3) is 0 Å². The Hall–Kier alpha value is -3.92. The van der Waals surface area contributed by atoms with Crippen LogP contribution in [0.5, 0.6) is 11.5 Å². The molecule has 0 radical (unpaired) electrons. The van der Waals surface area contributed by atoms with Crippen molar-refractivity contribution in [1.29, 1.82) is 5.41 Å². The van der Waals surface area contributed by atoms with Crippen molar-refractivity contribution >= 4 is 22.9 Å². The molecule has 1 fully saturated rings. The maximum Gasteiger partial charge on any atom is 0.320 e. The van der Waals surface area contributed by atoms with Gasteiger partial charge in [-0.1, -0.05) is 0 Å². The monoisotopic (exact) mass is 520 g/mol. The Morgan fingerprint density at radius 2 is 1.97 bits per heavy atom. The number of urea groups is 1. The van der Waals surface area contributed by atoms with Crippen LogP contribution in [-0.4, -0.2) is 73.8 Å². The molecule has 2 aliphatic rings. The number of hydrogen-bond acceptors (Lipinski definition) is 5. The lowest BCUT2D eigenvalue weighted by Crippen LogP contribution is -2.51. The molecule has 5 N–H and O–H groups in total. The van der Waals surface area contributed by atoms with Crippen LogP contribution in [0.25, 0.3) is 10.9 Å². The van der Waals surface area contributed by atoms with E-state index in [0.717, 1.165) is 52.8 Å². The second kappa shape index (κ2) is 11.2. The first-order chi connectivity index (χ1) is 18.5. The molecule has 1 aromatic heterocycles. The quantitative estimate of drug-likeness (QED) is 0.280. The number of aryl methyl sites for hydroxylation is 1. The van der Waals surface area contributed by atoms with Gasteiger partial charge in [0.05, 0.1) is 33.5 Å². The molecule has 2 aliphatic heterocycles. The third-order valence-corrected chi connectivity index (χ3v) is 7.56. The molecule has 3 heterocycles. The molecular formula is C28H36N6O4. The lowest BCUT2D eigenvalue weighted by atomic mass is 9.87. The lowest BCUT2D eigenvalue weighted by Gasteiger charge is -2.41.